The minimum atomic E-state index is 0.627. The molecule has 0 aromatic heterocycles. The van der Waals surface area contributed by atoms with Gasteiger partial charge in [-0.05, 0) is 13.0 Å². The monoisotopic (exact) mass is 139 g/mol. The maximum absolute atomic E-state index is 5.53. The molecule has 0 spiro atoms. The van der Waals surface area contributed by atoms with Gasteiger partial charge in [0.2, 0.25) is 0 Å². The first-order valence-corrected chi connectivity index (χ1v) is 3.01. The number of nitrogens with two attached hydrogens (primary N) is 1. The first-order chi connectivity index (χ1) is 4.72. The van der Waals surface area contributed by atoms with Gasteiger partial charge in [0, 0.05) is 0 Å². The zero-order valence-electron chi connectivity index (χ0n) is 6.42. The third-order valence-corrected chi connectivity index (χ3v) is 1.12. The topological polar surface area (TPSA) is 35.2 Å². The van der Waals surface area contributed by atoms with Gasteiger partial charge in [0.05, 0.1) is 12.8 Å². The van der Waals surface area contributed by atoms with Crippen LogP contribution in [0.15, 0.2) is 36.3 Å². The Morgan fingerprint density at radius 1 is 1.60 bits per heavy atom. The minimum absolute atomic E-state index is 0.627. The Morgan fingerprint density at radius 2 is 2.20 bits per heavy atom. The maximum atomic E-state index is 5.53. The second-order valence-electron chi connectivity index (χ2n) is 1.81. The quantitative estimate of drug-likeness (QED) is 0.475. The molecule has 0 aromatic rings. The average Bonchev–Trinajstić information content (AvgIpc) is 1.98. The van der Waals surface area contributed by atoms with Crippen LogP contribution >= 0.6 is 0 Å². The van der Waals surface area contributed by atoms with Crippen LogP contribution < -0.4 is 5.73 Å². The lowest BCUT2D eigenvalue weighted by molar-refractivity contribution is 0.289. The second-order valence-corrected chi connectivity index (χ2v) is 1.81. The van der Waals surface area contributed by atoms with Crippen molar-refractivity contribution in [3.05, 3.63) is 36.3 Å². The van der Waals surface area contributed by atoms with Crippen molar-refractivity contribution >= 4 is 0 Å². The highest BCUT2D eigenvalue weighted by Gasteiger charge is 1.89. The van der Waals surface area contributed by atoms with Gasteiger partial charge in [0.15, 0.2) is 0 Å². The van der Waals surface area contributed by atoms with Gasteiger partial charge in [0.1, 0.15) is 5.76 Å². The zero-order chi connectivity index (χ0) is 7.98. The summed E-state index contributed by atoms with van der Waals surface area (Å²) in [7, 11) is 1.59. The molecule has 0 saturated heterocycles. The molecule has 56 valence electrons. The predicted molar refractivity (Wildman–Crippen MR) is 43.2 cm³/mol. The van der Waals surface area contributed by atoms with Crippen molar-refractivity contribution in [2.45, 2.75) is 6.92 Å². The highest BCUT2D eigenvalue weighted by atomic mass is 16.5. The summed E-state index contributed by atoms with van der Waals surface area (Å²) in [5, 5.41) is 0. The van der Waals surface area contributed by atoms with E-state index in [4.69, 9.17) is 10.5 Å². The molecule has 0 radical (unpaired) electrons. The molecule has 0 saturated carbocycles. The van der Waals surface area contributed by atoms with E-state index < -0.39 is 0 Å². The van der Waals surface area contributed by atoms with Crippen molar-refractivity contribution in [1.82, 2.24) is 0 Å². The molecular weight excluding hydrogens is 126 g/mol. The number of ether oxygens (including phenoxy) is 1. The van der Waals surface area contributed by atoms with Crippen LogP contribution in [-0.4, -0.2) is 7.11 Å². The third-order valence-electron chi connectivity index (χ3n) is 1.12. The van der Waals surface area contributed by atoms with Gasteiger partial charge in [-0.3, -0.25) is 0 Å². The smallest absolute Gasteiger partial charge is 0.115 e. The first-order valence-electron chi connectivity index (χ1n) is 3.01. The van der Waals surface area contributed by atoms with Gasteiger partial charge in [-0.2, -0.15) is 0 Å². The highest BCUT2D eigenvalue weighted by molar-refractivity contribution is 5.20. The Labute approximate surface area is 61.7 Å². The van der Waals surface area contributed by atoms with Crippen molar-refractivity contribution in [1.29, 1.82) is 0 Å². The third kappa shape index (κ3) is 2.97. The van der Waals surface area contributed by atoms with E-state index in [0.29, 0.717) is 5.70 Å². The lowest BCUT2D eigenvalue weighted by Gasteiger charge is -1.99. The van der Waals surface area contributed by atoms with E-state index in [1.807, 2.05) is 6.92 Å². The minimum Gasteiger partial charge on any atom is -0.499 e. The highest BCUT2D eigenvalue weighted by Crippen LogP contribution is 1.98. The molecule has 0 aliphatic heterocycles. The van der Waals surface area contributed by atoms with Crippen LogP contribution in [0.1, 0.15) is 6.92 Å². The summed E-state index contributed by atoms with van der Waals surface area (Å²) >= 11 is 0. The normalized spacial score (nSPS) is 13.0. The molecule has 0 fully saturated rings. The Kier molecular flexibility index (Phi) is 4.12. The summed E-state index contributed by atoms with van der Waals surface area (Å²) in [6.07, 6.45) is 5.17. The van der Waals surface area contributed by atoms with Crippen LogP contribution in [-0.2, 0) is 4.74 Å². The summed E-state index contributed by atoms with van der Waals surface area (Å²) in [6.45, 7) is 5.32. The van der Waals surface area contributed by atoms with Crippen LogP contribution in [0.3, 0.4) is 0 Å². The largest absolute Gasteiger partial charge is 0.499 e. The van der Waals surface area contributed by atoms with Crippen molar-refractivity contribution in [2.75, 3.05) is 7.11 Å². The maximum Gasteiger partial charge on any atom is 0.115 e. The molecule has 0 rings (SSSR count). The standard InChI is InChI=1S/C8H13NO/c1-4-5-6-8(9)7(2)10-3/h4-6H,1,9H2,2-3H3/b6-5-,8-7-. The van der Waals surface area contributed by atoms with Crippen LogP contribution in [0.5, 0.6) is 0 Å². The van der Waals surface area contributed by atoms with Crippen LogP contribution in [0, 0.1) is 0 Å². The Bertz CT molecular complexity index is 168. The fraction of sp³-hybridized carbons (Fsp3) is 0.250. The summed E-state index contributed by atoms with van der Waals surface area (Å²) in [5.74, 6) is 0.720. The summed E-state index contributed by atoms with van der Waals surface area (Å²) in [5.41, 5.74) is 6.16. The van der Waals surface area contributed by atoms with E-state index in [0.717, 1.165) is 5.76 Å². The molecule has 0 unspecified atom stereocenters. The number of allylic oxidation sites excluding steroid dienone is 4. The summed E-state index contributed by atoms with van der Waals surface area (Å²) < 4.78 is 4.88. The molecule has 10 heavy (non-hydrogen) atoms. The fourth-order valence-corrected chi connectivity index (χ4v) is 0.407. The van der Waals surface area contributed by atoms with Gasteiger partial charge in [-0.25, -0.2) is 0 Å². The van der Waals surface area contributed by atoms with Crippen LogP contribution in [0.4, 0.5) is 0 Å². The van der Waals surface area contributed by atoms with Crippen LogP contribution in [0.2, 0.25) is 0 Å². The molecule has 0 aliphatic rings. The molecule has 2 nitrogen and oxygen atoms in total. The Morgan fingerprint density at radius 3 is 2.60 bits per heavy atom. The first kappa shape index (κ1) is 8.82. The van der Waals surface area contributed by atoms with E-state index in [9.17, 15) is 0 Å². The van der Waals surface area contributed by atoms with E-state index in [1.54, 1.807) is 25.3 Å². The number of methoxy groups -OCH3 is 1. The van der Waals surface area contributed by atoms with E-state index in [2.05, 4.69) is 6.58 Å². The fourth-order valence-electron chi connectivity index (χ4n) is 0.407. The van der Waals surface area contributed by atoms with Gasteiger partial charge in [-0.1, -0.05) is 18.7 Å². The molecule has 2 heteroatoms. The second kappa shape index (κ2) is 4.68. The number of hydrogen-bond acceptors (Lipinski definition) is 2. The molecule has 2 N–H and O–H groups in total. The van der Waals surface area contributed by atoms with Crippen LogP contribution in [0.25, 0.3) is 0 Å². The molecule has 0 aliphatic carbocycles. The lowest BCUT2D eigenvalue weighted by Crippen LogP contribution is -1.98. The van der Waals surface area contributed by atoms with E-state index in [-0.39, 0.29) is 0 Å². The van der Waals surface area contributed by atoms with Crippen molar-refractivity contribution in [3.8, 4) is 0 Å². The molecule has 0 bridgehead atoms. The molecule has 0 atom stereocenters. The van der Waals surface area contributed by atoms with E-state index >= 15 is 0 Å². The average molecular weight is 139 g/mol. The number of hydrogen-bond donors (Lipinski definition) is 1. The van der Waals surface area contributed by atoms with Crippen molar-refractivity contribution < 1.29 is 4.74 Å². The van der Waals surface area contributed by atoms with E-state index in [1.165, 1.54) is 0 Å². The molecule has 0 aromatic carbocycles. The van der Waals surface area contributed by atoms with Gasteiger partial charge >= 0.3 is 0 Å². The lowest BCUT2D eigenvalue weighted by atomic mass is 10.3. The summed E-state index contributed by atoms with van der Waals surface area (Å²) in [4.78, 5) is 0. The van der Waals surface area contributed by atoms with Crippen molar-refractivity contribution in [2.24, 2.45) is 5.73 Å². The van der Waals surface area contributed by atoms with Gasteiger partial charge in [0.25, 0.3) is 0 Å². The zero-order valence-corrected chi connectivity index (χ0v) is 6.42. The Hall–Kier alpha value is -1.18. The Balaban J connectivity index is 4.17. The molecule has 0 heterocycles. The SMILES string of the molecule is C=C/C=C\C(N)=C(/C)OC. The summed E-state index contributed by atoms with van der Waals surface area (Å²) in [6, 6.07) is 0. The predicted octanol–water partition coefficient (Wildman–Crippen LogP) is 1.57. The molecule has 0 amide bonds. The van der Waals surface area contributed by atoms with Crippen molar-refractivity contribution in [3.63, 3.8) is 0 Å². The van der Waals surface area contributed by atoms with Gasteiger partial charge < -0.3 is 10.5 Å². The molecular formula is C8H13NO. The van der Waals surface area contributed by atoms with Gasteiger partial charge in [-0.15, -0.1) is 0 Å². The number of rotatable bonds is 3.